The number of carbonyl (C=O) groups excluding carboxylic acids is 1. The second-order valence-corrected chi connectivity index (χ2v) is 5.23. The van der Waals surface area contributed by atoms with Crippen molar-refractivity contribution in [3.8, 4) is 11.5 Å². The molecule has 0 amide bonds. The number of ketones is 1. The number of ether oxygens (including phenoxy) is 2. The fourth-order valence-electron chi connectivity index (χ4n) is 2.45. The number of benzene rings is 1. The van der Waals surface area contributed by atoms with Crippen molar-refractivity contribution in [2.24, 2.45) is 5.92 Å². The summed E-state index contributed by atoms with van der Waals surface area (Å²) in [5.41, 5.74) is 0.392. The predicted octanol–water partition coefficient (Wildman–Crippen LogP) is 4.34. The summed E-state index contributed by atoms with van der Waals surface area (Å²) < 4.78 is 25.3. The molecule has 118 valence electrons. The van der Waals surface area contributed by atoms with Gasteiger partial charge in [0.25, 0.3) is 0 Å². The molecule has 0 spiro atoms. The Hall–Kier alpha value is -1.58. The van der Waals surface area contributed by atoms with Gasteiger partial charge >= 0.3 is 0 Å². The molecule has 4 heteroatoms. The van der Waals surface area contributed by atoms with E-state index in [0.29, 0.717) is 36.7 Å². The molecule has 1 aromatic carbocycles. The molecule has 1 rings (SSSR count). The summed E-state index contributed by atoms with van der Waals surface area (Å²) in [6, 6.07) is 2.93. The molecule has 0 N–H and O–H groups in total. The normalized spacial score (nSPS) is 12.3. The maximum absolute atomic E-state index is 14.4. The summed E-state index contributed by atoms with van der Waals surface area (Å²) in [6.07, 6.45) is 0.388. The van der Waals surface area contributed by atoms with Gasteiger partial charge in [0.05, 0.1) is 13.2 Å². The van der Waals surface area contributed by atoms with Gasteiger partial charge in [-0.1, -0.05) is 20.8 Å². The van der Waals surface area contributed by atoms with Gasteiger partial charge in [-0.2, -0.15) is 0 Å². The van der Waals surface area contributed by atoms with Crippen molar-refractivity contribution >= 4 is 5.78 Å². The van der Waals surface area contributed by atoms with Crippen LogP contribution in [0.25, 0.3) is 0 Å². The molecular weight excluding hydrogens is 271 g/mol. The van der Waals surface area contributed by atoms with E-state index in [2.05, 4.69) is 0 Å². The number of hydrogen-bond acceptors (Lipinski definition) is 3. The van der Waals surface area contributed by atoms with Crippen molar-refractivity contribution in [3.05, 3.63) is 23.5 Å². The van der Waals surface area contributed by atoms with Crippen molar-refractivity contribution in [1.82, 2.24) is 0 Å². The van der Waals surface area contributed by atoms with E-state index in [4.69, 9.17) is 9.47 Å². The third-order valence-corrected chi connectivity index (χ3v) is 3.36. The summed E-state index contributed by atoms with van der Waals surface area (Å²) in [4.78, 5) is 12.1. The first kappa shape index (κ1) is 17.5. The zero-order chi connectivity index (χ0) is 16.0. The highest BCUT2D eigenvalue weighted by Crippen LogP contribution is 2.37. The fraction of sp³-hybridized carbons (Fsp3) is 0.588. The minimum atomic E-state index is -0.454. The summed E-state index contributed by atoms with van der Waals surface area (Å²) >= 11 is 0. The van der Waals surface area contributed by atoms with Crippen LogP contribution in [0.3, 0.4) is 0 Å². The van der Waals surface area contributed by atoms with E-state index in [1.165, 1.54) is 6.07 Å². The maximum Gasteiger partial charge on any atom is 0.164 e. The lowest BCUT2D eigenvalue weighted by Crippen LogP contribution is -2.19. The molecule has 1 unspecified atom stereocenters. The quantitative estimate of drug-likeness (QED) is 0.715. The number of hydrogen-bond donors (Lipinski definition) is 0. The van der Waals surface area contributed by atoms with Crippen molar-refractivity contribution < 1.29 is 18.7 Å². The van der Waals surface area contributed by atoms with E-state index in [-0.39, 0.29) is 11.7 Å². The Morgan fingerprint density at radius 3 is 2.05 bits per heavy atom. The third-order valence-electron chi connectivity index (χ3n) is 3.36. The first-order valence-corrected chi connectivity index (χ1v) is 7.57. The van der Waals surface area contributed by atoms with Crippen molar-refractivity contribution in [2.45, 2.75) is 47.0 Å². The molecule has 1 aromatic rings. The van der Waals surface area contributed by atoms with Gasteiger partial charge in [0.2, 0.25) is 0 Å². The molecule has 0 aliphatic rings. The van der Waals surface area contributed by atoms with Gasteiger partial charge < -0.3 is 9.47 Å². The molecule has 21 heavy (non-hydrogen) atoms. The molecule has 0 bridgehead atoms. The van der Waals surface area contributed by atoms with E-state index in [9.17, 15) is 9.18 Å². The number of Topliss-reactive ketones (excluding diaryl/α,β-unsaturated/α-hetero) is 1. The minimum Gasteiger partial charge on any atom is -0.490 e. The Balaban J connectivity index is 3.33. The summed E-state index contributed by atoms with van der Waals surface area (Å²) in [6.45, 7) is 10.2. The van der Waals surface area contributed by atoms with Crippen molar-refractivity contribution in [1.29, 1.82) is 0 Å². The zero-order valence-corrected chi connectivity index (χ0v) is 13.5. The van der Waals surface area contributed by atoms with Crippen molar-refractivity contribution in [3.63, 3.8) is 0 Å². The predicted molar refractivity (Wildman–Crippen MR) is 81.6 cm³/mol. The average molecular weight is 296 g/mol. The lowest BCUT2D eigenvalue weighted by atomic mass is 9.83. The molecule has 0 saturated heterocycles. The molecular formula is C17H25FO3. The molecule has 0 aromatic heterocycles. The molecule has 0 aliphatic heterocycles. The SMILES string of the molecule is CCOc1cc(F)c(C(C(=O)CC)C(C)C)cc1OCC. The first-order valence-electron chi connectivity index (χ1n) is 7.57. The van der Waals surface area contributed by atoms with Gasteiger partial charge in [0.15, 0.2) is 11.5 Å². The Morgan fingerprint density at radius 2 is 1.62 bits per heavy atom. The zero-order valence-electron chi connectivity index (χ0n) is 13.5. The van der Waals surface area contributed by atoms with Crippen molar-refractivity contribution in [2.75, 3.05) is 13.2 Å². The number of halogens is 1. The molecule has 0 aliphatic carbocycles. The Kier molecular flexibility index (Phi) is 6.66. The summed E-state index contributed by atoms with van der Waals surface area (Å²) in [7, 11) is 0. The van der Waals surface area contributed by atoms with Crippen LogP contribution in [0.2, 0.25) is 0 Å². The highest BCUT2D eigenvalue weighted by molar-refractivity contribution is 5.86. The number of rotatable bonds is 8. The van der Waals surface area contributed by atoms with Crippen LogP contribution >= 0.6 is 0 Å². The van der Waals surface area contributed by atoms with E-state index in [0.717, 1.165) is 0 Å². The Morgan fingerprint density at radius 1 is 1.10 bits per heavy atom. The van der Waals surface area contributed by atoms with Crippen LogP contribution < -0.4 is 9.47 Å². The van der Waals surface area contributed by atoms with Gasteiger partial charge in [-0.15, -0.1) is 0 Å². The highest BCUT2D eigenvalue weighted by Gasteiger charge is 2.27. The summed E-state index contributed by atoms with van der Waals surface area (Å²) in [5.74, 6) is 0.0690. The summed E-state index contributed by atoms with van der Waals surface area (Å²) in [5, 5.41) is 0. The van der Waals surface area contributed by atoms with Crippen LogP contribution in [0, 0.1) is 11.7 Å². The van der Waals surface area contributed by atoms with E-state index in [1.54, 1.807) is 13.0 Å². The monoisotopic (exact) mass is 296 g/mol. The van der Waals surface area contributed by atoms with Crippen LogP contribution in [0.15, 0.2) is 12.1 Å². The van der Waals surface area contributed by atoms with Gasteiger partial charge in [-0.25, -0.2) is 4.39 Å². The van der Waals surface area contributed by atoms with E-state index in [1.807, 2.05) is 27.7 Å². The molecule has 0 saturated carbocycles. The molecule has 3 nitrogen and oxygen atoms in total. The molecule has 0 radical (unpaired) electrons. The van der Waals surface area contributed by atoms with Crippen LogP contribution in [0.1, 0.15) is 52.5 Å². The van der Waals surface area contributed by atoms with Gasteiger partial charge in [-0.05, 0) is 25.8 Å². The largest absolute Gasteiger partial charge is 0.490 e. The Labute approximate surface area is 126 Å². The third kappa shape index (κ3) is 4.19. The first-order chi connectivity index (χ1) is 9.96. The van der Waals surface area contributed by atoms with Gasteiger partial charge in [-0.3, -0.25) is 4.79 Å². The lowest BCUT2D eigenvalue weighted by molar-refractivity contribution is -0.121. The highest BCUT2D eigenvalue weighted by atomic mass is 19.1. The molecule has 0 heterocycles. The molecule has 0 fully saturated rings. The fourth-order valence-corrected chi connectivity index (χ4v) is 2.45. The maximum atomic E-state index is 14.4. The lowest BCUT2D eigenvalue weighted by Gasteiger charge is -2.22. The standard InChI is InChI=1S/C17H25FO3/c1-6-14(19)17(11(4)5)12-9-15(20-7-2)16(21-8-3)10-13(12)18/h9-11,17H,6-8H2,1-5H3. The van der Waals surface area contributed by atoms with E-state index >= 15 is 0 Å². The van der Waals surface area contributed by atoms with Gasteiger partial charge in [0.1, 0.15) is 11.6 Å². The van der Waals surface area contributed by atoms with Crippen LogP contribution in [-0.4, -0.2) is 19.0 Å². The molecule has 1 atom stereocenters. The second-order valence-electron chi connectivity index (χ2n) is 5.23. The van der Waals surface area contributed by atoms with Crippen LogP contribution in [0.4, 0.5) is 4.39 Å². The smallest absolute Gasteiger partial charge is 0.164 e. The van der Waals surface area contributed by atoms with Gasteiger partial charge in [0, 0.05) is 24.0 Å². The van der Waals surface area contributed by atoms with E-state index < -0.39 is 11.7 Å². The second kappa shape index (κ2) is 8.01. The topological polar surface area (TPSA) is 35.5 Å². The number of carbonyl (C=O) groups is 1. The Bertz CT molecular complexity index is 483. The minimum absolute atomic E-state index is 0.0272. The van der Waals surface area contributed by atoms with Crippen LogP contribution in [-0.2, 0) is 4.79 Å². The van der Waals surface area contributed by atoms with Crippen LogP contribution in [0.5, 0.6) is 11.5 Å². The average Bonchev–Trinajstić information content (AvgIpc) is 2.43.